The Balaban J connectivity index is 1.96. The summed E-state index contributed by atoms with van der Waals surface area (Å²) < 4.78 is 6.01. The van der Waals surface area contributed by atoms with Gasteiger partial charge in [-0.1, -0.05) is 6.07 Å². The number of ether oxygens (including phenoxy) is 1. The third-order valence-corrected chi connectivity index (χ3v) is 4.49. The second kappa shape index (κ2) is 5.50. The van der Waals surface area contributed by atoms with Crippen molar-refractivity contribution in [3.63, 3.8) is 0 Å². The SMILES string of the molecule is COc1ccc2[nH]c3c(=O)n(/N=C/c4cccs4)c(=O)[nH]c3c2c1. The van der Waals surface area contributed by atoms with Crippen LogP contribution in [0.4, 0.5) is 0 Å². The predicted octanol–water partition coefficient (Wildman–Crippen LogP) is 2.12. The molecule has 0 saturated heterocycles. The molecule has 4 rings (SSSR count). The number of aromatic amines is 2. The third kappa shape index (κ3) is 2.24. The summed E-state index contributed by atoms with van der Waals surface area (Å²) in [7, 11) is 1.56. The van der Waals surface area contributed by atoms with E-state index >= 15 is 0 Å². The number of thiophene rings is 1. The molecule has 0 atom stereocenters. The molecular formula is C16H12N4O3S. The van der Waals surface area contributed by atoms with Gasteiger partial charge >= 0.3 is 11.2 Å². The van der Waals surface area contributed by atoms with Gasteiger partial charge in [-0.15, -0.1) is 16.0 Å². The summed E-state index contributed by atoms with van der Waals surface area (Å²) in [5, 5.41) is 6.61. The zero-order valence-corrected chi connectivity index (χ0v) is 13.4. The molecule has 3 heterocycles. The Morgan fingerprint density at radius 2 is 2.08 bits per heavy atom. The fraction of sp³-hybridized carbons (Fsp3) is 0.0625. The molecule has 0 aliphatic carbocycles. The largest absolute Gasteiger partial charge is 0.497 e. The van der Waals surface area contributed by atoms with E-state index in [1.165, 1.54) is 17.6 Å². The number of benzene rings is 1. The highest BCUT2D eigenvalue weighted by Gasteiger charge is 2.13. The lowest BCUT2D eigenvalue weighted by Gasteiger charge is -1.99. The van der Waals surface area contributed by atoms with Gasteiger partial charge in [-0.2, -0.15) is 5.10 Å². The Morgan fingerprint density at radius 1 is 1.21 bits per heavy atom. The zero-order valence-electron chi connectivity index (χ0n) is 12.6. The first kappa shape index (κ1) is 14.5. The van der Waals surface area contributed by atoms with E-state index in [1.54, 1.807) is 25.3 Å². The van der Waals surface area contributed by atoms with E-state index in [0.29, 0.717) is 22.2 Å². The van der Waals surface area contributed by atoms with Crippen molar-refractivity contribution in [2.24, 2.45) is 5.10 Å². The highest BCUT2D eigenvalue weighted by atomic mass is 32.1. The number of nitrogens with zero attached hydrogens (tertiary/aromatic N) is 2. The van der Waals surface area contributed by atoms with Gasteiger partial charge in [-0.05, 0) is 29.6 Å². The summed E-state index contributed by atoms with van der Waals surface area (Å²) in [5.41, 5.74) is 0.377. The molecule has 0 aliphatic heterocycles. The molecule has 0 saturated carbocycles. The van der Waals surface area contributed by atoms with Crippen LogP contribution in [-0.2, 0) is 0 Å². The van der Waals surface area contributed by atoms with Crippen LogP contribution in [0.5, 0.6) is 5.75 Å². The van der Waals surface area contributed by atoms with Gasteiger partial charge < -0.3 is 14.7 Å². The Bertz CT molecular complexity index is 1180. The highest BCUT2D eigenvalue weighted by Crippen LogP contribution is 2.25. The van der Waals surface area contributed by atoms with Gasteiger partial charge in [0.15, 0.2) is 0 Å². The second-order valence-electron chi connectivity index (χ2n) is 5.09. The zero-order chi connectivity index (χ0) is 16.7. The van der Waals surface area contributed by atoms with E-state index in [1.807, 2.05) is 17.5 Å². The molecule has 1 aromatic carbocycles. The minimum atomic E-state index is -0.593. The van der Waals surface area contributed by atoms with Crippen molar-refractivity contribution in [3.8, 4) is 5.75 Å². The maximum absolute atomic E-state index is 12.6. The third-order valence-electron chi connectivity index (χ3n) is 3.68. The van der Waals surface area contributed by atoms with Crippen molar-refractivity contribution in [1.29, 1.82) is 0 Å². The average Bonchev–Trinajstić information content (AvgIpc) is 3.22. The number of nitrogens with one attached hydrogen (secondary N) is 2. The number of fused-ring (bicyclic) bond motifs is 3. The van der Waals surface area contributed by atoms with Crippen molar-refractivity contribution in [2.45, 2.75) is 0 Å². The minimum Gasteiger partial charge on any atom is -0.497 e. The van der Waals surface area contributed by atoms with Gasteiger partial charge in [-0.3, -0.25) is 4.79 Å². The van der Waals surface area contributed by atoms with Crippen LogP contribution in [-0.4, -0.2) is 28.0 Å². The van der Waals surface area contributed by atoms with E-state index in [9.17, 15) is 9.59 Å². The molecule has 4 aromatic rings. The van der Waals surface area contributed by atoms with Gasteiger partial charge in [0.2, 0.25) is 0 Å². The van der Waals surface area contributed by atoms with Crippen LogP contribution in [0.3, 0.4) is 0 Å². The van der Waals surface area contributed by atoms with E-state index in [0.717, 1.165) is 15.1 Å². The van der Waals surface area contributed by atoms with Crippen molar-refractivity contribution >= 4 is 39.5 Å². The average molecular weight is 340 g/mol. The van der Waals surface area contributed by atoms with E-state index in [2.05, 4.69) is 15.1 Å². The molecule has 2 N–H and O–H groups in total. The van der Waals surface area contributed by atoms with Crippen LogP contribution in [0.2, 0.25) is 0 Å². The molecule has 0 radical (unpaired) electrons. The molecule has 3 aromatic heterocycles. The predicted molar refractivity (Wildman–Crippen MR) is 94.5 cm³/mol. The molecule has 0 fully saturated rings. The maximum Gasteiger partial charge on any atom is 0.350 e. The van der Waals surface area contributed by atoms with Crippen molar-refractivity contribution in [3.05, 3.63) is 61.4 Å². The minimum absolute atomic E-state index is 0.293. The molecule has 0 bridgehead atoms. The van der Waals surface area contributed by atoms with Gasteiger partial charge in [-0.25, -0.2) is 4.79 Å². The summed E-state index contributed by atoms with van der Waals surface area (Å²) >= 11 is 1.47. The molecule has 0 spiro atoms. The standard InChI is InChI=1S/C16H12N4O3S/c1-23-9-4-5-12-11(7-9)13-14(18-12)15(21)20(16(22)19-13)17-8-10-3-2-6-24-10/h2-8,18H,1H3,(H,19,22)/b17-8+. The van der Waals surface area contributed by atoms with E-state index in [4.69, 9.17) is 4.74 Å². The Morgan fingerprint density at radius 3 is 2.83 bits per heavy atom. The molecule has 24 heavy (non-hydrogen) atoms. The van der Waals surface area contributed by atoms with Gasteiger partial charge in [0, 0.05) is 15.8 Å². The monoisotopic (exact) mass is 340 g/mol. The molecule has 7 nitrogen and oxygen atoms in total. The number of rotatable bonds is 3. The first-order valence-electron chi connectivity index (χ1n) is 7.10. The lowest BCUT2D eigenvalue weighted by atomic mass is 10.2. The van der Waals surface area contributed by atoms with Crippen molar-refractivity contribution in [2.75, 3.05) is 7.11 Å². The van der Waals surface area contributed by atoms with E-state index < -0.39 is 11.2 Å². The Kier molecular flexibility index (Phi) is 3.31. The van der Waals surface area contributed by atoms with Crippen LogP contribution in [0, 0.1) is 0 Å². The number of methoxy groups -OCH3 is 1. The number of hydrogen-bond acceptors (Lipinski definition) is 5. The lowest BCUT2D eigenvalue weighted by molar-refractivity contribution is 0.415. The van der Waals surface area contributed by atoms with Crippen molar-refractivity contribution in [1.82, 2.24) is 14.6 Å². The summed E-state index contributed by atoms with van der Waals surface area (Å²) in [4.78, 5) is 31.5. The van der Waals surface area contributed by atoms with Gasteiger partial charge in [0.1, 0.15) is 11.3 Å². The van der Waals surface area contributed by atoms with Gasteiger partial charge in [0.25, 0.3) is 0 Å². The lowest BCUT2D eigenvalue weighted by Crippen LogP contribution is -2.32. The van der Waals surface area contributed by atoms with Crippen molar-refractivity contribution < 1.29 is 4.74 Å². The first-order valence-corrected chi connectivity index (χ1v) is 7.98. The molecule has 120 valence electrons. The van der Waals surface area contributed by atoms with E-state index in [-0.39, 0.29) is 0 Å². The molecule has 0 aliphatic rings. The van der Waals surface area contributed by atoms with Crippen LogP contribution >= 0.6 is 11.3 Å². The summed E-state index contributed by atoms with van der Waals surface area (Å²) in [6.45, 7) is 0. The van der Waals surface area contributed by atoms with Gasteiger partial charge in [0.05, 0.1) is 18.8 Å². The Hall–Kier alpha value is -3.13. The van der Waals surface area contributed by atoms with Crippen LogP contribution in [0.25, 0.3) is 21.9 Å². The number of H-pyrrole nitrogens is 2. The van der Waals surface area contributed by atoms with Crippen LogP contribution in [0.15, 0.2) is 50.4 Å². The summed E-state index contributed by atoms with van der Waals surface area (Å²) in [5.74, 6) is 0.643. The normalized spacial score (nSPS) is 11.7. The fourth-order valence-corrected chi connectivity index (χ4v) is 3.11. The Labute approximate surface area is 138 Å². The fourth-order valence-electron chi connectivity index (χ4n) is 2.53. The molecule has 0 unspecified atom stereocenters. The first-order chi connectivity index (χ1) is 11.7. The maximum atomic E-state index is 12.6. The summed E-state index contributed by atoms with van der Waals surface area (Å²) in [6.07, 6.45) is 1.48. The van der Waals surface area contributed by atoms with Crippen LogP contribution in [0.1, 0.15) is 4.88 Å². The highest BCUT2D eigenvalue weighted by molar-refractivity contribution is 7.11. The molecule has 0 amide bonds. The summed E-state index contributed by atoms with van der Waals surface area (Å²) in [6, 6.07) is 9.06. The topological polar surface area (TPSA) is 92.2 Å². The number of hydrogen-bond donors (Lipinski definition) is 2. The molecular weight excluding hydrogens is 328 g/mol. The smallest absolute Gasteiger partial charge is 0.350 e. The quantitative estimate of drug-likeness (QED) is 0.560. The second-order valence-corrected chi connectivity index (χ2v) is 6.07. The van der Waals surface area contributed by atoms with Crippen LogP contribution < -0.4 is 16.0 Å². The number of aromatic nitrogens is 3. The molecule has 8 heteroatoms.